The van der Waals surface area contributed by atoms with Crippen LogP contribution in [0.5, 0.6) is 0 Å². The van der Waals surface area contributed by atoms with E-state index in [1.165, 1.54) is 11.3 Å². The molecule has 0 bridgehead atoms. The molecule has 0 aliphatic rings. The van der Waals surface area contributed by atoms with Gasteiger partial charge in [-0.1, -0.05) is 13.0 Å². The van der Waals surface area contributed by atoms with Gasteiger partial charge < -0.3 is 5.32 Å². The van der Waals surface area contributed by atoms with Gasteiger partial charge in [0.2, 0.25) is 0 Å². The van der Waals surface area contributed by atoms with Crippen LogP contribution in [0, 0.1) is 0 Å². The lowest BCUT2D eigenvalue weighted by Gasteiger charge is -2.18. The zero-order valence-corrected chi connectivity index (χ0v) is 11.7. The molecule has 102 valence electrons. The molecule has 1 atom stereocenters. The molecule has 0 amide bonds. The van der Waals surface area contributed by atoms with Crippen molar-refractivity contribution in [2.45, 2.75) is 32.2 Å². The van der Waals surface area contributed by atoms with Gasteiger partial charge in [-0.15, -0.1) is 0 Å². The third kappa shape index (κ3) is 3.89. The minimum absolute atomic E-state index is 0.354. The third-order valence-corrected chi connectivity index (χ3v) is 3.30. The van der Waals surface area contributed by atoms with Crippen molar-refractivity contribution in [3.8, 4) is 0 Å². The van der Waals surface area contributed by atoms with Crippen molar-refractivity contribution in [1.29, 1.82) is 0 Å². The SMILES string of the molecule is CCCNC(CCc1cccnc1)c1ccnn1C. The van der Waals surface area contributed by atoms with Crippen molar-refractivity contribution in [3.05, 3.63) is 48.0 Å². The Morgan fingerprint density at radius 2 is 2.21 bits per heavy atom. The maximum Gasteiger partial charge on any atom is 0.0550 e. The zero-order chi connectivity index (χ0) is 13.5. The molecule has 0 saturated heterocycles. The van der Waals surface area contributed by atoms with Crippen molar-refractivity contribution < 1.29 is 0 Å². The van der Waals surface area contributed by atoms with Crippen molar-refractivity contribution in [2.75, 3.05) is 6.54 Å². The van der Waals surface area contributed by atoms with Crippen LogP contribution in [-0.4, -0.2) is 21.3 Å². The summed E-state index contributed by atoms with van der Waals surface area (Å²) in [5.41, 5.74) is 2.53. The van der Waals surface area contributed by atoms with E-state index in [1.807, 2.05) is 36.4 Å². The highest BCUT2D eigenvalue weighted by Gasteiger charge is 2.14. The van der Waals surface area contributed by atoms with Gasteiger partial charge in [0.05, 0.1) is 5.69 Å². The first-order valence-electron chi connectivity index (χ1n) is 6.91. The molecule has 2 rings (SSSR count). The summed E-state index contributed by atoms with van der Waals surface area (Å²) in [5, 5.41) is 7.87. The van der Waals surface area contributed by atoms with Gasteiger partial charge in [-0.25, -0.2) is 0 Å². The second-order valence-corrected chi connectivity index (χ2v) is 4.79. The quantitative estimate of drug-likeness (QED) is 0.829. The molecule has 2 aromatic rings. The van der Waals surface area contributed by atoms with Crippen LogP contribution in [0.25, 0.3) is 0 Å². The second-order valence-electron chi connectivity index (χ2n) is 4.79. The molecule has 4 nitrogen and oxygen atoms in total. The maximum absolute atomic E-state index is 4.26. The highest BCUT2D eigenvalue weighted by atomic mass is 15.3. The first-order valence-corrected chi connectivity index (χ1v) is 6.91. The molecule has 0 aliphatic carbocycles. The van der Waals surface area contributed by atoms with Crippen molar-refractivity contribution >= 4 is 0 Å². The maximum atomic E-state index is 4.26. The molecule has 19 heavy (non-hydrogen) atoms. The predicted molar refractivity (Wildman–Crippen MR) is 76.8 cm³/mol. The molecule has 0 radical (unpaired) electrons. The summed E-state index contributed by atoms with van der Waals surface area (Å²) in [6.45, 7) is 3.22. The molecular formula is C15H22N4. The Morgan fingerprint density at radius 3 is 2.84 bits per heavy atom. The highest BCUT2D eigenvalue weighted by molar-refractivity contribution is 5.11. The van der Waals surface area contributed by atoms with Crippen LogP contribution < -0.4 is 5.32 Å². The molecule has 2 aromatic heterocycles. The Bertz CT molecular complexity index is 478. The molecule has 4 heteroatoms. The third-order valence-electron chi connectivity index (χ3n) is 3.30. The summed E-state index contributed by atoms with van der Waals surface area (Å²) < 4.78 is 1.95. The number of hydrogen-bond acceptors (Lipinski definition) is 3. The summed E-state index contributed by atoms with van der Waals surface area (Å²) >= 11 is 0. The largest absolute Gasteiger partial charge is 0.309 e. The van der Waals surface area contributed by atoms with Crippen LogP contribution in [0.1, 0.15) is 37.1 Å². The highest BCUT2D eigenvalue weighted by Crippen LogP contribution is 2.18. The summed E-state index contributed by atoms with van der Waals surface area (Å²) in [5.74, 6) is 0. The van der Waals surface area contributed by atoms with Crippen LogP contribution in [0.2, 0.25) is 0 Å². The van der Waals surface area contributed by atoms with Gasteiger partial charge in [-0.3, -0.25) is 9.67 Å². The standard InChI is InChI=1S/C15H22N4/c1-3-9-17-14(15-8-11-18-19(15)2)7-6-13-5-4-10-16-12-13/h4-5,8,10-12,14,17H,3,6-7,9H2,1-2H3. The summed E-state index contributed by atoms with van der Waals surface area (Å²) in [6.07, 6.45) is 8.85. The van der Waals surface area contributed by atoms with E-state index in [4.69, 9.17) is 0 Å². The molecular weight excluding hydrogens is 236 g/mol. The van der Waals surface area contributed by atoms with Crippen molar-refractivity contribution in [1.82, 2.24) is 20.1 Å². The minimum Gasteiger partial charge on any atom is -0.309 e. The van der Waals surface area contributed by atoms with E-state index < -0.39 is 0 Å². The lowest BCUT2D eigenvalue weighted by molar-refractivity contribution is 0.468. The fraction of sp³-hybridized carbons (Fsp3) is 0.467. The Labute approximate surface area is 114 Å². The van der Waals surface area contributed by atoms with E-state index in [1.54, 1.807) is 0 Å². The molecule has 1 unspecified atom stereocenters. The van der Waals surface area contributed by atoms with Gasteiger partial charge >= 0.3 is 0 Å². The molecule has 0 aliphatic heterocycles. The monoisotopic (exact) mass is 258 g/mol. The van der Waals surface area contributed by atoms with Gasteiger partial charge in [0.25, 0.3) is 0 Å². The number of rotatable bonds is 7. The number of nitrogens with one attached hydrogen (secondary N) is 1. The molecule has 0 fully saturated rings. The average molecular weight is 258 g/mol. The van der Waals surface area contributed by atoms with Crippen molar-refractivity contribution in [3.63, 3.8) is 0 Å². The fourth-order valence-corrected chi connectivity index (χ4v) is 2.26. The number of nitrogens with zero attached hydrogens (tertiary/aromatic N) is 3. The van der Waals surface area contributed by atoms with Crippen LogP contribution >= 0.6 is 0 Å². The molecule has 2 heterocycles. The lowest BCUT2D eigenvalue weighted by Crippen LogP contribution is -2.24. The summed E-state index contributed by atoms with van der Waals surface area (Å²) in [7, 11) is 2.00. The van der Waals surface area contributed by atoms with E-state index in [2.05, 4.69) is 34.5 Å². The minimum atomic E-state index is 0.354. The number of aromatic nitrogens is 3. The number of pyridine rings is 1. The van der Waals surface area contributed by atoms with E-state index in [0.717, 1.165) is 25.8 Å². The fourth-order valence-electron chi connectivity index (χ4n) is 2.26. The molecule has 0 spiro atoms. The first-order chi connectivity index (χ1) is 9.31. The predicted octanol–water partition coefficient (Wildman–Crippen LogP) is 2.49. The number of hydrogen-bond donors (Lipinski definition) is 1. The first kappa shape index (κ1) is 13.7. The smallest absolute Gasteiger partial charge is 0.0550 e. The summed E-state index contributed by atoms with van der Waals surface area (Å²) in [6, 6.07) is 6.57. The van der Waals surface area contributed by atoms with Crippen LogP contribution in [0.15, 0.2) is 36.8 Å². The van der Waals surface area contributed by atoms with Gasteiger partial charge in [-0.05, 0) is 43.5 Å². The van der Waals surface area contributed by atoms with E-state index in [0.29, 0.717) is 6.04 Å². The zero-order valence-electron chi connectivity index (χ0n) is 11.7. The van der Waals surface area contributed by atoms with Gasteiger partial charge in [0.15, 0.2) is 0 Å². The van der Waals surface area contributed by atoms with Gasteiger partial charge in [0.1, 0.15) is 0 Å². The Morgan fingerprint density at radius 1 is 1.32 bits per heavy atom. The van der Waals surface area contributed by atoms with Crippen LogP contribution in [0.4, 0.5) is 0 Å². The normalized spacial score (nSPS) is 12.5. The Balaban J connectivity index is 2.00. The van der Waals surface area contributed by atoms with Crippen molar-refractivity contribution in [2.24, 2.45) is 7.05 Å². The number of aryl methyl sites for hydroxylation is 2. The second kappa shape index (κ2) is 7.04. The van der Waals surface area contributed by atoms with Gasteiger partial charge in [-0.2, -0.15) is 5.10 Å². The van der Waals surface area contributed by atoms with Crippen LogP contribution in [-0.2, 0) is 13.5 Å². The molecule has 0 aromatic carbocycles. The summed E-state index contributed by atoms with van der Waals surface area (Å²) in [4.78, 5) is 4.17. The van der Waals surface area contributed by atoms with Gasteiger partial charge in [0, 0.05) is 31.7 Å². The Hall–Kier alpha value is -1.68. The molecule has 0 saturated carbocycles. The van der Waals surface area contributed by atoms with E-state index in [-0.39, 0.29) is 0 Å². The van der Waals surface area contributed by atoms with Crippen LogP contribution in [0.3, 0.4) is 0 Å². The topological polar surface area (TPSA) is 42.7 Å². The lowest BCUT2D eigenvalue weighted by atomic mass is 10.0. The van der Waals surface area contributed by atoms with E-state index in [9.17, 15) is 0 Å². The average Bonchev–Trinajstić information content (AvgIpc) is 2.86. The molecule has 1 N–H and O–H groups in total. The Kier molecular flexibility index (Phi) is 5.10. The van der Waals surface area contributed by atoms with E-state index >= 15 is 0 Å².